The molecule has 2 aliphatic heterocycles. The Balaban J connectivity index is 1.91. The smallest absolute Gasteiger partial charge is 0.223 e. The predicted molar refractivity (Wildman–Crippen MR) is 49.8 cm³/mol. The summed E-state index contributed by atoms with van der Waals surface area (Å²) in [5.74, 6) is 0.598. The minimum atomic E-state index is 0.176. The molecular formula is C9H14ClNO2. The van der Waals surface area contributed by atoms with Gasteiger partial charge in [0.25, 0.3) is 0 Å². The van der Waals surface area contributed by atoms with Crippen molar-refractivity contribution in [3.8, 4) is 0 Å². The van der Waals surface area contributed by atoms with Crippen LogP contribution in [-0.2, 0) is 9.53 Å². The van der Waals surface area contributed by atoms with Gasteiger partial charge in [-0.3, -0.25) is 4.79 Å². The number of halogens is 1. The number of rotatable bonds is 2. The van der Waals surface area contributed by atoms with Crippen LogP contribution in [0.3, 0.4) is 0 Å². The van der Waals surface area contributed by atoms with Gasteiger partial charge in [0.2, 0.25) is 5.91 Å². The Kier molecular flexibility index (Phi) is 2.74. The lowest BCUT2D eigenvalue weighted by Crippen LogP contribution is -2.45. The van der Waals surface area contributed by atoms with Crippen LogP contribution in [0.4, 0.5) is 0 Å². The monoisotopic (exact) mass is 203 g/mol. The molecule has 0 N–H and O–H groups in total. The molecular weight excluding hydrogens is 190 g/mol. The number of likely N-dealkylation sites (tertiary alicyclic amines) is 1. The van der Waals surface area contributed by atoms with Crippen molar-refractivity contribution in [3.05, 3.63) is 0 Å². The number of morpholine rings is 1. The standard InChI is InChI=1S/C9H14ClNO2/c10-4-3-9(12)11-5-7-1-2-8(6-11)13-7/h7-8H,1-6H2. The molecule has 0 spiro atoms. The Morgan fingerprint density at radius 3 is 2.54 bits per heavy atom. The molecule has 13 heavy (non-hydrogen) atoms. The fourth-order valence-electron chi connectivity index (χ4n) is 2.06. The van der Waals surface area contributed by atoms with Gasteiger partial charge in [-0.05, 0) is 12.8 Å². The van der Waals surface area contributed by atoms with Gasteiger partial charge in [-0.25, -0.2) is 0 Å². The molecule has 0 aromatic rings. The van der Waals surface area contributed by atoms with Crippen molar-refractivity contribution in [1.29, 1.82) is 0 Å². The molecule has 0 aromatic heterocycles. The van der Waals surface area contributed by atoms with Gasteiger partial charge in [-0.2, -0.15) is 0 Å². The fourth-order valence-corrected chi connectivity index (χ4v) is 2.22. The third-order valence-corrected chi connectivity index (χ3v) is 2.89. The third-order valence-electron chi connectivity index (χ3n) is 2.70. The van der Waals surface area contributed by atoms with E-state index in [0.717, 1.165) is 25.9 Å². The Bertz CT molecular complexity index is 198. The normalized spacial score (nSPS) is 32.2. The molecule has 2 fully saturated rings. The first-order valence-corrected chi connectivity index (χ1v) is 5.32. The highest BCUT2D eigenvalue weighted by atomic mass is 35.5. The zero-order chi connectivity index (χ0) is 9.26. The largest absolute Gasteiger partial charge is 0.371 e. The lowest BCUT2D eigenvalue weighted by atomic mass is 10.2. The van der Waals surface area contributed by atoms with Crippen LogP contribution in [0.25, 0.3) is 0 Å². The van der Waals surface area contributed by atoms with Gasteiger partial charge >= 0.3 is 0 Å². The maximum absolute atomic E-state index is 11.5. The second kappa shape index (κ2) is 3.84. The van der Waals surface area contributed by atoms with Crippen molar-refractivity contribution in [2.45, 2.75) is 31.5 Å². The molecule has 4 heteroatoms. The van der Waals surface area contributed by atoms with Gasteiger partial charge in [0.15, 0.2) is 0 Å². The van der Waals surface area contributed by atoms with Gasteiger partial charge < -0.3 is 9.64 Å². The quantitative estimate of drug-likeness (QED) is 0.627. The Hall–Kier alpha value is -0.280. The van der Waals surface area contributed by atoms with E-state index < -0.39 is 0 Å². The molecule has 2 aliphatic rings. The highest BCUT2D eigenvalue weighted by Crippen LogP contribution is 2.26. The Morgan fingerprint density at radius 1 is 1.38 bits per heavy atom. The number of alkyl halides is 1. The van der Waals surface area contributed by atoms with Crippen LogP contribution in [0.2, 0.25) is 0 Å². The van der Waals surface area contributed by atoms with Gasteiger partial charge in [0.05, 0.1) is 12.2 Å². The van der Waals surface area contributed by atoms with Crippen molar-refractivity contribution >= 4 is 17.5 Å². The summed E-state index contributed by atoms with van der Waals surface area (Å²) in [7, 11) is 0. The van der Waals surface area contributed by atoms with Crippen LogP contribution < -0.4 is 0 Å². The molecule has 2 saturated heterocycles. The fraction of sp³-hybridized carbons (Fsp3) is 0.889. The zero-order valence-electron chi connectivity index (χ0n) is 7.54. The average Bonchev–Trinajstić information content (AvgIpc) is 2.46. The number of carbonyl (C=O) groups is 1. The lowest BCUT2D eigenvalue weighted by molar-refractivity contribution is -0.139. The maximum atomic E-state index is 11.5. The summed E-state index contributed by atoms with van der Waals surface area (Å²) in [4.78, 5) is 13.4. The van der Waals surface area contributed by atoms with Crippen molar-refractivity contribution in [3.63, 3.8) is 0 Å². The highest BCUT2D eigenvalue weighted by molar-refractivity contribution is 6.18. The van der Waals surface area contributed by atoms with E-state index in [2.05, 4.69) is 0 Å². The van der Waals surface area contributed by atoms with E-state index in [4.69, 9.17) is 16.3 Å². The van der Waals surface area contributed by atoms with Crippen LogP contribution in [0.15, 0.2) is 0 Å². The first-order chi connectivity index (χ1) is 6.29. The van der Waals surface area contributed by atoms with Crippen LogP contribution in [0.5, 0.6) is 0 Å². The van der Waals surface area contributed by atoms with Gasteiger partial charge in [0, 0.05) is 25.4 Å². The first-order valence-electron chi connectivity index (χ1n) is 4.79. The molecule has 74 valence electrons. The number of hydrogen-bond donors (Lipinski definition) is 0. The molecule has 2 atom stereocenters. The molecule has 0 saturated carbocycles. The van der Waals surface area contributed by atoms with Gasteiger partial charge in [0.1, 0.15) is 0 Å². The molecule has 2 unspecified atom stereocenters. The summed E-state index contributed by atoms with van der Waals surface area (Å²) in [6.45, 7) is 1.54. The molecule has 0 aliphatic carbocycles. The molecule has 2 heterocycles. The first kappa shape index (κ1) is 9.28. The molecule has 2 rings (SSSR count). The van der Waals surface area contributed by atoms with Crippen LogP contribution in [-0.4, -0.2) is 42.0 Å². The number of hydrogen-bond acceptors (Lipinski definition) is 2. The SMILES string of the molecule is O=C(CCCl)N1CC2CCC(C1)O2. The summed E-state index contributed by atoms with van der Waals surface area (Å²) < 4.78 is 5.63. The van der Waals surface area contributed by atoms with Crippen LogP contribution in [0.1, 0.15) is 19.3 Å². The van der Waals surface area contributed by atoms with Crippen molar-refractivity contribution in [2.75, 3.05) is 19.0 Å². The van der Waals surface area contributed by atoms with Crippen molar-refractivity contribution in [1.82, 2.24) is 4.90 Å². The predicted octanol–water partition coefficient (Wildman–Crippen LogP) is 1.01. The van der Waals surface area contributed by atoms with Crippen LogP contribution in [0, 0.1) is 0 Å². The Morgan fingerprint density at radius 2 is 2.00 bits per heavy atom. The number of ether oxygens (including phenoxy) is 1. The summed E-state index contributed by atoms with van der Waals surface area (Å²) in [6, 6.07) is 0. The van der Waals surface area contributed by atoms with Gasteiger partial charge in [-0.1, -0.05) is 0 Å². The van der Waals surface area contributed by atoms with Crippen molar-refractivity contribution in [2.24, 2.45) is 0 Å². The second-order valence-electron chi connectivity index (χ2n) is 3.70. The third kappa shape index (κ3) is 1.97. The van der Waals surface area contributed by atoms with E-state index in [1.54, 1.807) is 0 Å². The molecule has 3 nitrogen and oxygen atoms in total. The summed E-state index contributed by atoms with van der Waals surface area (Å²) in [5.41, 5.74) is 0. The molecule has 2 bridgehead atoms. The summed E-state index contributed by atoms with van der Waals surface area (Å²) in [6.07, 6.45) is 3.25. The summed E-state index contributed by atoms with van der Waals surface area (Å²) >= 11 is 5.53. The lowest BCUT2D eigenvalue weighted by Gasteiger charge is -2.32. The number of nitrogens with zero attached hydrogens (tertiary/aromatic N) is 1. The molecule has 0 radical (unpaired) electrons. The van der Waals surface area contributed by atoms with E-state index >= 15 is 0 Å². The van der Waals surface area contributed by atoms with E-state index in [9.17, 15) is 4.79 Å². The maximum Gasteiger partial charge on any atom is 0.223 e. The number of carbonyl (C=O) groups excluding carboxylic acids is 1. The Labute approximate surface area is 83.0 Å². The second-order valence-corrected chi connectivity index (χ2v) is 4.07. The zero-order valence-corrected chi connectivity index (χ0v) is 8.29. The number of amides is 1. The molecule has 0 aromatic carbocycles. The van der Waals surface area contributed by atoms with E-state index in [1.807, 2.05) is 4.90 Å². The van der Waals surface area contributed by atoms with E-state index in [0.29, 0.717) is 12.3 Å². The molecule has 1 amide bonds. The highest BCUT2D eigenvalue weighted by Gasteiger charge is 2.35. The number of fused-ring (bicyclic) bond motifs is 2. The van der Waals surface area contributed by atoms with Crippen molar-refractivity contribution < 1.29 is 9.53 Å². The van der Waals surface area contributed by atoms with E-state index in [1.165, 1.54) is 0 Å². The summed E-state index contributed by atoms with van der Waals surface area (Å²) in [5, 5.41) is 0. The van der Waals surface area contributed by atoms with Crippen LogP contribution >= 0.6 is 11.6 Å². The van der Waals surface area contributed by atoms with E-state index in [-0.39, 0.29) is 18.1 Å². The minimum Gasteiger partial charge on any atom is -0.371 e. The topological polar surface area (TPSA) is 29.5 Å². The minimum absolute atomic E-state index is 0.176. The average molecular weight is 204 g/mol. The van der Waals surface area contributed by atoms with Gasteiger partial charge in [-0.15, -0.1) is 11.6 Å².